The molecule has 5 rings (SSSR count). The van der Waals surface area contributed by atoms with Crippen LogP contribution in [0.4, 0.5) is 11.6 Å². The number of amides is 1. The SMILES string of the molecule is COc1ccccc1NC(=O)C1=C(C)Nc2nc(CCCO)nn2C1c1ccc(OCc2ccccc2)c(OC)c1. The number of anilines is 2. The van der Waals surface area contributed by atoms with Gasteiger partial charge in [-0.25, -0.2) is 4.68 Å². The quantitative estimate of drug-likeness (QED) is 0.243. The second-order valence-corrected chi connectivity index (χ2v) is 9.53. The number of nitrogens with zero attached hydrogens (tertiary/aromatic N) is 3. The third-order valence-electron chi connectivity index (χ3n) is 6.80. The number of allylic oxidation sites excluding steroid dienone is 1. The Morgan fingerprint density at radius 2 is 1.76 bits per heavy atom. The van der Waals surface area contributed by atoms with Crippen molar-refractivity contribution < 1.29 is 24.1 Å². The lowest BCUT2D eigenvalue weighted by Crippen LogP contribution is -2.31. The molecule has 0 aliphatic carbocycles. The largest absolute Gasteiger partial charge is 0.495 e. The normalized spacial score (nSPS) is 14.2. The van der Waals surface area contributed by atoms with Gasteiger partial charge >= 0.3 is 0 Å². The Labute approximate surface area is 238 Å². The van der Waals surface area contributed by atoms with E-state index in [0.29, 0.717) is 65.4 Å². The average Bonchev–Trinajstić information content (AvgIpc) is 3.41. The Kier molecular flexibility index (Phi) is 8.50. The summed E-state index contributed by atoms with van der Waals surface area (Å²) < 4.78 is 18.9. The lowest BCUT2D eigenvalue weighted by atomic mass is 9.94. The van der Waals surface area contributed by atoms with Gasteiger partial charge in [0.05, 0.1) is 25.5 Å². The summed E-state index contributed by atoms with van der Waals surface area (Å²) in [5.41, 5.74) is 3.45. The van der Waals surface area contributed by atoms with Crippen molar-refractivity contribution in [3.05, 3.63) is 101 Å². The summed E-state index contributed by atoms with van der Waals surface area (Å²) in [7, 11) is 3.14. The van der Waals surface area contributed by atoms with Crippen molar-refractivity contribution in [2.24, 2.45) is 0 Å². The highest BCUT2D eigenvalue weighted by atomic mass is 16.5. The maximum absolute atomic E-state index is 13.9. The lowest BCUT2D eigenvalue weighted by Gasteiger charge is -2.29. The summed E-state index contributed by atoms with van der Waals surface area (Å²) in [6, 6.07) is 22.1. The van der Waals surface area contributed by atoms with E-state index in [0.717, 1.165) is 11.1 Å². The van der Waals surface area contributed by atoms with Gasteiger partial charge in [0, 0.05) is 18.7 Å². The minimum Gasteiger partial charge on any atom is -0.495 e. The van der Waals surface area contributed by atoms with Gasteiger partial charge in [0.2, 0.25) is 5.95 Å². The van der Waals surface area contributed by atoms with Crippen molar-refractivity contribution >= 4 is 17.5 Å². The number of hydrogen-bond donors (Lipinski definition) is 3. The van der Waals surface area contributed by atoms with Crippen molar-refractivity contribution in [1.82, 2.24) is 14.8 Å². The van der Waals surface area contributed by atoms with E-state index in [2.05, 4.69) is 15.6 Å². The van der Waals surface area contributed by atoms with Crippen LogP contribution < -0.4 is 24.8 Å². The van der Waals surface area contributed by atoms with E-state index in [9.17, 15) is 9.90 Å². The average molecular weight is 556 g/mol. The Bertz CT molecular complexity index is 1550. The van der Waals surface area contributed by atoms with Crippen LogP contribution in [-0.4, -0.2) is 46.6 Å². The number of hydrogen-bond acceptors (Lipinski definition) is 8. The van der Waals surface area contributed by atoms with Gasteiger partial charge in [0.1, 0.15) is 18.4 Å². The zero-order chi connectivity index (χ0) is 28.8. The third kappa shape index (κ3) is 6.02. The molecule has 0 bridgehead atoms. The summed E-state index contributed by atoms with van der Waals surface area (Å²) in [5, 5.41) is 20.3. The maximum Gasteiger partial charge on any atom is 0.255 e. The molecule has 1 unspecified atom stereocenters. The molecule has 3 N–H and O–H groups in total. The Morgan fingerprint density at radius 1 is 1.00 bits per heavy atom. The molecule has 1 aliphatic rings. The van der Waals surface area contributed by atoms with E-state index >= 15 is 0 Å². The first-order valence-electron chi connectivity index (χ1n) is 13.4. The number of aryl methyl sites for hydroxylation is 1. The minimum atomic E-state index is -0.617. The van der Waals surface area contributed by atoms with Crippen molar-refractivity contribution in [1.29, 1.82) is 0 Å². The number of carbonyl (C=O) groups excluding carboxylic acids is 1. The number of fused-ring (bicyclic) bond motifs is 1. The van der Waals surface area contributed by atoms with Crippen LogP contribution in [0.3, 0.4) is 0 Å². The fraction of sp³-hybridized carbons (Fsp3) is 0.258. The van der Waals surface area contributed by atoms with E-state index < -0.39 is 6.04 Å². The Hall–Kier alpha value is -4.83. The molecule has 10 heteroatoms. The second-order valence-electron chi connectivity index (χ2n) is 9.53. The first kappa shape index (κ1) is 27.7. The minimum absolute atomic E-state index is 0.0339. The van der Waals surface area contributed by atoms with Crippen LogP contribution in [0.15, 0.2) is 84.1 Å². The number of ether oxygens (including phenoxy) is 3. The molecule has 1 aromatic heterocycles. The van der Waals surface area contributed by atoms with Gasteiger partial charge in [0.15, 0.2) is 17.3 Å². The molecule has 1 atom stereocenters. The van der Waals surface area contributed by atoms with Crippen molar-refractivity contribution in [3.8, 4) is 17.2 Å². The molecule has 41 heavy (non-hydrogen) atoms. The molecule has 3 aromatic carbocycles. The first-order chi connectivity index (χ1) is 20.0. The molecular formula is C31H33N5O5. The molecule has 0 saturated heterocycles. The molecule has 0 spiro atoms. The summed E-state index contributed by atoms with van der Waals surface area (Å²) >= 11 is 0. The van der Waals surface area contributed by atoms with Gasteiger partial charge in [-0.15, -0.1) is 0 Å². The van der Waals surface area contributed by atoms with Crippen LogP contribution in [0.25, 0.3) is 0 Å². The highest BCUT2D eigenvalue weighted by molar-refractivity contribution is 6.06. The lowest BCUT2D eigenvalue weighted by molar-refractivity contribution is -0.113. The monoisotopic (exact) mass is 555 g/mol. The number of rotatable bonds is 11. The fourth-order valence-corrected chi connectivity index (χ4v) is 4.79. The molecule has 1 amide bonds. The summed E-state index contributed by atoms with van der Waals surface area (Å²) in [5.74, 6) is 2.43. The van der Waals surface area contributed by atoms with Gasteiger partial charge in [-0.05, 0) is 48.7 Å². The Balaban J connectivity index is 1.52. The standard InChI is InChI=1S/C31H33N5O5/c1-20-28(30(38)33-23-12-7-8-13-24(23)39-2)29(36-31(32-20)34-27(35-36)14-9-17-37)22-15-16-25(26(18-22)40-3)41-19-21-10-5-4-6-11-21/h4-8,10-13,15-16,18,29,37H,9,14,17,19H2,1-3H3,(H,33,38)(H,32,34,35). The molecule has 212 valence electrons. The van der Waals surface area contributed by atoms with Gasteiger partial charge in [-0.2, -0.15) is 10.1 Å². The number of para-hydroxylation sites is 2. The number of nitrogens with one attached hydrogen (secondary N) is 2. The molecule has 0 saturated carbocycles. The molecule has 0 fully saturated rings. The van der Waals surface area contributed by atoms with E-state index in [1.165, 1.54) is 0 Å². The topological polar surface area (TPSA) is 120 Å². The first-order valence-corrected chi connectivity index (χ1v) is 13.4. The predicted octanol–water partition coefficient (Wildman–Crippen LogP) is 4.73. The number of carbonyl (C=O) groups is 1. The Morgan fingerprint density at radius 3 is 2.51 bits per heavy atom. The van der Waals surface area contributed by atoms with Crippen molar-refractivity contribution in [2.45, 2.75) is 32.4 Å². The van der Waals surface area contributed by atoms with Crippen LogP contribution in [0.1, 0.15) is 36.3 Å². The molecular weight excluding hydrogens is 522 g/mol. The van der Waals surface area contributed by atoms with Crippen LogP contribution in [0.5, 0.6) is 17.2 Å². The maximum atomic E-state index is 13.9. The van der Waals surface area contributed by atoms with Crippen LogP contribution >= 0.6 is 0 Å². The van der Waals surface area contributed by atoms with Gasteiger partial charge in [-0.3, -0.25) is 4.79 Å². The number of aromatic nitrogens is 3. The number of methoxy groups -OCH3 is 2. The third-order valence-corrected chi connectivity index (χ3v) is 6.80. The number of aliphatic hydroxyl groups is 1. The van der Waals surface area contributed by atoms with Crippen LogP contribution in [0, 0.1) is 0 Å². The van der Waals surface area contributed by atoms with Gasteiger partial charge in [0.25, 0.3) is 5.91 Å². The van der Waals surface area contributed by atoms with Crippen molar-refractivity contribution in [3.63, 3.8) is 0 Å². The van der Waals surface area contributed by atoms with E-state index in [1.807, 2.05) is 67.6 Å². The highest BCUT2D eigenvalue weighted by Crippen LogP contribution is 2.40. The van der Waals surface area contributed by atoms with Gasteiger partial charge < -0.3 is 30.0 Å². The van der Waals surface area contributed by atoms with Gasteiger partial charge in [-0.1, -0.05) is 48.5 Å². The fourth-order valence-electron chi connectivity index (χ4n) is 4.79. The molecule has 10 nitrogen and oxygen atoms in total. The molecule has 0 radical (unpaired) electrons. The summed E-state index contributed by atoms with van der Waals surface area (Å²) in [6.45, 7) is 2.26. The predicted molar refractivity (Wildman–Crippen MR) is 155 cm³/mol. The summed E-state index contributed by atoms with van der Waals surface area (Å²) in [4.78, 5) is 18.5. The van der Waals surface area contributed by atoms with Crippen molar-refractivity contribution in [2.75, 3.05) is 31.5 Å². The molecule has 4 aromatic rings. The van der Waals surface area contributed by atoms with E-state index in [4.69, 9.17) is 19.3 Å². The molecule has 1 aliphatic heterocycles. The van der Waals surface area contributed by atoms with E-state index in [1.54, 1.807) is 31.0 Å². The zero-order valence-electron chi connectivity index (χ0n) is 23.3. The highest BCUT2D eigenvalue weighted by Gasteiger charge is 2.35. The summed E-state index contributed by atoms with van der Waals surface area (Å²) in [6.07, 6.45) is 1.03. The van der Waals surface area contributed by atoms with Crippen LogP contribution in [0.2, 0.25) is 0 Å². The van der Waals surface area contributed by atoms with E-state index in [-0.39, 0.29) is 12.5 Å². The van der Waals surface area contributed by atoms with Crippen LogP contribution in [-0.2, 0) is 17.8 Å². The zero-order valence-corrected chi connectivity index (χ0v) is 23.3. The smallest absolute Gasteiger partial charge is 0.255 e. The molecule has 2 heterocycles. The second kappa shape index (κ2) is 12.6. The number of aliphatic hydroxyl groups excluding tert-OH is 1. The number of benzene rings is 3.